The van der Waals surface area contributed by atoms with Crippen LogP contribution in [-0.4, -0.2) is 39.6 Å². The molecule has 1 aromatic heterocycles. The largest absolute Gasteiger partial charge is 0.341 e. The van der Waals surface area contributed by atoms with Gasteiger partial charge in [0.05, 0.1) is 5.54 Å². The van der Waals surface area contributed by atoms with Gasteiger partial charge in [-0.1, -0.05) is 30.8 Å². The van der Waals surface area contributed by atoms with Crippen LogP contribution in [0, 0.1) is 5.92 Å². The van der Waals surface area contributed by atoms with Gasteiger partial charge in [-0.25, -0.2) is 0 Å². The molecular weight excluding hydrogens is 316 g/mol. The Balaban J connectivity index is 1.28. The fourth-order valence-electron chi connectivity index (χ4n) is 4.48. The number of likely N-dealkylation sites (tertiary alicyclic amines) is 1. The lowest BCUT2D eigenvalue weighted by Gasteiger charge is -2.39. The number of piperidine rings is 1. The van der Waals surface area contributed by atoms with Crippen LogP contribution in [0.15, 0.2) is 4.52 Å². The van der Waals surface area contributed by atoms with Gasteiger partial charge in [0.2, 0.25) is 11.8 Å². The molecule has 1 amide bonds. The highest BCUT2D eigenvalue weighted by Gasteiger charge is 2.39. The van der Waals surface area contributed by atoms with Crippen LogP contribution >= 0.6 is 0 Å². The molecule has 138 valence electrons. The summed E-state index contributed by atoms with van der Waals surface area (Å²) >= 11 is 0. The molecule has 0 radical (unpaired) electrons. The maximum absolute atomic E-state index is 12.8. The minimum absolute atomic E-state index is 0.177. The van der Waals surface area contributed by atoms with Crippen molar-refractivity contribution in [3.63, 3.8) is 0 Å². The van der Waals surface area contributed by atoms with Crippen LogP contribution in [0.25, 0.3) is 0 Å². The Morgan fingerprint density at radius 1 is 1.12 bits per heavy atom. The first-order valence-electron chi connectivity index (χ1n) is 10.0. The Morgan fingerprint density at radius 2 is 1.84 bits per heavy atom. The zero-order valence-corrected chi connectivity index (χ0v) is 15.1. The highest BCUT2D eigenvalue weighted by molar-refractivity contribution is 5.86. The topological polar surface area (TPSA) is 85.3 Å². The van der Waals surface area contributed by atoms with Crippen molar-refractivity contribution in [1.29, 1.82) is 0 Å². The summed E-state index contributed by atoms with van der Waals surface area (Å²) in [5.41, 5.74) is 5.81. The molecule has 1 saturated heterocycles. The number of amides is 1. The van der Waals surface area contributed by atoms with E-state index >= 15 is 0 Å². The third-order valence-corrected chi connectivity index (χ3v) is 6.49. The molecule has 0 aromatic carbocycles. The van der Waals surface area contributed by atoms with Crippen LogP contribution < -0.4 is 5.73 Å². The van der Waals surface area contributed by atoms with E-state index in [0.717, 1.165) is 69.8 Å². The molecule has 0 atom stereocenters. The predicted octanol–water partition coefficient (Wildman–Crippen LogP) is 2.78. The highest BCUT2D eigenvalue weighted by atomic mass is 16.5. The molecule has 1 aromatic rings. The molecule has 2 heterocycles. The molecular formula is C19H30N4O2. The van der Waals surface area contributed by atoms with E-state index in [1.165, 1.54) is 25.7 Å². The van der Waals surface area contributed by atoms with Crippen LogP contribution in [0.2, 0.25) is 0 Å². The lowest BCUT2D eigenvalue weighted by molar-refractivity contribution is -0.139. The van der Waals surface area contributed by atoms with Gasteiger partial charge < -0.3 is 15.2 Å². The summed E-state index contributed by atoms with van der Waals surface area (Å²) in [6.45, 7) is 1.62. The summed E-state index contributed by atoms with van der Waals surface area (Å²) in [5.74, 6) is 2.90. The van der Waals surface area contributed by atoms with E-state index in [-0.39, 0.29) is 5.91 Å². The van der Waals surface area contributed by atoms with Gasteiger partial charge in [-0.15, -0.1) is 0 Å². The molecule has 6 nitrogen and oxygen atoms in total. The summed E-state index contributed by atoms with van der Waals surface area (Å²) in [6.07, 6.45) is 11.6. The second kappa shape index (κ2) is 7.06. The van der Waals surface area contributed by atoms with Crippen LogP contribution in [0.5, 0.6) is 0 Å². The predicted molar refractivity (Wildman–Crippen MR) is 93.9 cm³/mol. The van der Waals surface area contributed by atoms with Gasteiger partial charge in [0.25, 0.3) is 0 Å². The van der Waals surface area contributed by atoms with Crippen molar-refractivity contribution >= 4 is 5.91 Å². The highest BCUT2D eigenvalue weighted by Crippen LogP contribution is 2.35. The molecule has 3 fully saturated rings. The zero-order valence-electron chi connectivity index (χ0n) is 15.1. The van der Waals surface area contributed by atoms with Crippen molar-refractivity contribution in [2.24, 2.45) is 11.7 Å². The third-order valence-electron chi connectivity index (χ3n) is 6.49. The maximum Gasteiger partial charge on any atom is 0.242 e. The molecule has 2 N–H and O–H groups in total. The molecule has 1 aliphatic heterocycles. The number of carbonyl (C=O) groups excluding carboxylic acids is 1. The Morgan fingerprint density at radius 3 is 2.48 bits per heavy atom. The molecule has 2 saturated carbocycles. The fraction of sp³-hybridized carbons (Fsp3) is 0.842. The summed E-state index contributed by atoms with van der Waals surface area (Å²) in [5, 5.41) is 4.15. The van der Waals surface area contributed by atoms with Crippen molar-refractivity contribution in [2.45, 2.75) is 82.1 Å². The normalized spacial score (nSPS) is 24.9. The lowest BCUT2D eigenvalue weighted by Crippen LogP contribution is -2.57. The van der Waals surface area contributed by atoms with Crippen LogP contribution in [0.3, 0.4) is 0 Å². The Bertz CT molecular complexity index is 596. The van der Waals surface area contributed by atoms with Gasteiger partial charge in [0.15, 0.2) is 5.82 Å². The smallest absolute Gasteiger partial charge is 0.242 e. The van der Waals surface area contributed by atoms with Gasteiger partial charge in [-0.2, -0.15) is 4.98 Å². The van der Waals surface area contributed by atoms with Crippen LogP contribution in [0.4, 0.5) is 0 Å². The number of nitrogens with zero attached hydrogens (tertiary/aromatic N) is 3. The second-order valence-corrected chi connectivity index (χ2v) is 8.33. The van der Waals surface area contributed by atoms with Gasteiger partial charge in [0, 0.05) is 25.4 Å². The van der Waals surface area contributed by atoms with Gasteiger partial charge >= 0.3 is 0 Å². The zero-order chi connectivity index (χ0) is 17.3. The average molecular weight is 346 g/mol. The molecule has 0 spiro atoms. The number of aromatic nitrogens is 2. The first-order chi connectivity index (χ1) is 12.1. The van der Waals surface area contributed by atoms with Crippen molar-refractivity contribution in [2.75, 3.05) is 13.1 Å². The first-order valence-corrected chi connectivity index (χ1v) is 10.0. The number of hydrogen-bond donors (Lipinski definition) is 1. The molecule has 2 aliphatic carbocycles. The third kappa shape index (κ3) is 3.59. The number of nitrogens with two attached hydrogens (primary N) is 1. The Labute approximate surface area is 149 Å². The molecule has 0 unspecified atom stereocenters. The van der Waals surface area contributed by atoms with Gasteiger partial charge in [-0.3, -0.25) is 4.79 Å². The molecule has 3 aliphatic rings. The summed E-state index contributed by atoms with van der Waals surface area (Å²) in [6, 6.07) is 0. The number of rotatable bonds is 4. The van der Waals surface area contributed by atoms with Crippen LogP contribution in [-0.2, 0) is 11.2 Å². The summed E-state index contributed by atoms with van der Waals surface area (Å²) in [4.78, 5) is 19.4. The minimum atomic E-state index is -0.602. The van der Waals surface area contributed by atoms with E-state index < -0.39 is 5.54 Å². The summed E-state index contributed by atoms with van der Waals surface area (Å²) in [7, 11) is 0. The lowest BCUT2D eigenvalue weighted by atomic mass is 9.81. The van der Waals surface area contributed by atoms with Crippen molar-refractivity contribution < 1.29 is 9.32 Å². The van der Waals surface area contributed by atoms with E-state index in [9.17, 15) is 4.79 Å². The van der Waals surface area contributed by atoms with Crippen LogP contribution in [0.1, 0.15) is 81.8 Å². The van der Waals surface area contributed by atoms with Crippen molar-refractivity contribution in [3.05, 3.63) is 11.7 Å². The van der Waals surface area contributed by atoms with E-state index in [4.69, 9.17) is 10.3 Å². The van der Waals surface area contributed by atoms with Crippen molar-refractivity contribution in [1.82, 2.24) is 15.0 Å². The van der Waals surface area contributed by atoms with E-state index in [1.807, 2.05) is 4.90 Å². The average Bonchev–Trinajstić information content (AvgIpc) is 3.02. The minimum Gasteiger partial charge on any atom is -0.341 e. The number of carbonyl (C=O) groups is 1. The van der Waals surface area contributed by atoms with E-state index in [2.05, 4.69) is 10.1 Å². The fourth-order valence-corrected chi connectivity index (χ4v) is 4.48. The number of hydrogen-bond acceptors (Lipinski definition) is 5. The first kappa shape index (κ1) is 17.0. The summed E-state index contributed by atoms with van der Waals surface area (Å²) < 4.78 is 5.45. The maximum atomic E-state index is 12.8. The Kier molecular flexibility index (Phi) is 4.80. The molecule has 4 rings (SSSR count). The van der Waals surface area contributed by atoms with Gasteiger partial charge in [-0.05, 0) is 44.4 Å². The molecule has 6 heteroatoms. The SMILES string of the molecule is NC1(C(=O)N2CCC(Cc3nc(C4CCC4)no3)CC2)CCCCC1. The quantitative estimate of drug-likeness (QED) is 0.906. The Hall–Kier alpha value is -1.43. The van der Waals surface area contributed by atoms with E-state index in [1.54, 1.807) is 0 Å². The van der Waals surface area contributed by atoms with Crippen molar-refractivity contribution in [3.8, 4) is 0 Å². The standard InChI is InChI=1S/C19H30N4O2/c20-19(9-2-1-3-10-19)18(24)23-11-7-14(8-12-23)13-16-21-17(22-25-16)15-5-4-6-15/h14-15H,1-13,20H2. The van der Waals surface area contributed by atoms with Gasteiger partial charge in [0.1, 0.15) is 0 Å². The second-order valence-electron chi connectivity index (χ2n) is 8.33. The van der Waals surface area contributed by atoms with E-state index in [0.29, 0.717) is 11.8 Å². The molecule has 25 heavy (non-hydrogen) atoms. The monoisotopic (exact) mass is 346 g/mol. The molecule has 0 bridgehead atoms.